The number of ether oxygens (including phenoxy) is 1. The van der Waals surface area contributed by atoms with Crippen LogP contribution in [0.2, 0.25) is 0 Å². The molecule has 0 aliphatic carbocycles. The van der Waals surface area contributed by atoms with Crippen LogP contribution in [0.4, 0.5) is 0 Å². The first-order valence-electron chi connectivity index (χ1n) is 5.86. The summed E-state index contributed by atoms with van der Waals surface area (Å²) in [4.78, 5) is 8.41. The topological polar surface area (TPSA) is 55.2 Å². The van der Waals surface area contributed by atoms with E-state index in [0.29, 0.717) is 18.8 Å². The van der Waals surface area contributed by atoms with Crippen molar-refractivity contribution in [3.8, 4) is 5.75 Å². The number of pyridine rings is 1. The molecule has 1 unspecified atom stereocenters. The predicted octanol–water partition coefficient (Wildman–Crippen LogP) is 2.52. The van der Waals surface area contributed by atoms with Gasteiger partial charge in [0.1, 0.15) is 5.75 Å². The van der Waals surface area contributed by atoms with Crippen molar-refractivity contribution in [2.45, 2.75) is 26.4 Å². The monoisotopic (exact) mass is 264 g/mol. The minimum atomic E-state index is -0.594. The molecular formula is C13H16N2O2S. The number of aryl methyl sites for hydroxylation is 1. The number of aliphatic hydroxyl groups is 1. The molecule has 4 nitrogen and oxygen atoms in total. The molecule has 2 rings (SSSR count). The van der Waals surface area contributed by atoms with Crippen LogP contribution in [0.3, 0.4) is 0 Å². The highest BCUT2D eigenvalue weighted by Gasteiger charge is 2.12. The standard InChI is InChI=1S/C13H16N2O2S/c1-3-17-11-4-10(6-14-7-11)12(16)5-13-15-9(2)8-18-13/h4,6-8,12,16H,3,5H2,1-2H3. The SMILES string of the molecule is CCOc1cncc(C(O)Cc2nc(C)cs2)c1. The largest absolute Gasteiger partial charge is 0.492 e. The third-order valence-corrected chi connectivity index (χ3v) is 3.45. The lowest BCUT2D eigenvalue weighted by atomic mass is 10.1. The number of aromatic nitrogens is 2. The van der Waals surface area contributed by atoms with Crippen LogP contribution in [0, 0.1) is 6.92 Å². The van der Waals surface area contributed by atoms with E-state index in [1.165, 1.54) is 0 Å². The van der Waals surface area contributed by atoms with Crippen molar-refractivity contribution in [1.29, 1.82) is 0 Å². The molecule has 0 aliphatic rings. The summed E-state index contributed by atoms with van der Waals surface area (Å²) in [6.07, 6.45) is 3.22. The summed E-state index contributed by atoms with van der Waals surface area (Å²) in [6, 6.07) is 1.82. The Morgan fingerprint density at radius 1 is 1.44 bits per heavy atom. The number of aliphatic hydroxyl groups excluding tert-OH is 1. The third kappa shape index (κ3) is 3.27. The lowest BCUT2D eigenvalue weighted by Crippen LogP contribution is -2.03. The van der Waals surface area contributed by atoms with Gasteiger partial charge in [-0.05, 0) is 19.9 Å². The van der Waals surface area contributed by atoms with E-state index in [1.54, 1.807) is 23.7 Å². The fourth-order valence-electron chi connectivity index (χ4n) is 1.64. The van der Waals surface area contributed by atoms with Gasteiger partial charge in [0.2, 0.25) is 0 Å². The predicted molar refractivity (Wildman–Crippen MR) is 70.9 cm³/mol. The maximum Gasteiger partial charge on any atom is 0.137 e. The Bertz CT molecular complexity index is 513. The lowest BCUT2D eigenvalue weighted by molar-refractivity contribution is 0.177. The summed E-state index contributed by atoms with van der Waals surface area (Å²) in [6.45, 7) is 4.46. The van der Waals surface area contributed by atoms with E-state index >= 15 is 0 Å². The van der Waals surface area contributed by atoms with Crippen molar-refractivity contribution < 1.29 is 9.84 Å². The summed E-state index contributed by atoms with van der Waals surface area (Å²) in [5, 5.41) is 13.1. The number of nitrogens with zero attached hydrogens (tertiary/aromatic N) is 2. The van der Waals surface area contributed by atoms with Crippen LogP contribution in [0.1, 0.15) is 29.3 Å². The van der Waals surface area contributed by atoms with Crippen molar-refractivity contribution in [1.82, 2.24) is 9.97 Å². The molecular weight excluding hydrogens is 248 g/mol. The Hall–Kier alpha value is -1.46. The Morgan fingerprint density at radius 2 is 2.28 bits per heavy atom. The van der Waals surface area contributed by atoms with Crippen molar-refractivity contribution in [3.05, 3.63) is 40.1 Å². The van der Waals surface area contributed by atoms with Gasteiger partial charge in [0.05, 0.1) is 23.9 Å². The number of rotatable bonds is 5. The second kappa shape index (κ2) is 5.93. The zero-order valence-corrected chi connectivity index (χ0v) is 11.3. The molecule has 0 aliphatic heterocycles. The van der Waals surface area contributed by atoms with Gasteiger partial charge in [-0.1, -0.05) is 0 Å². The number of hydrogen-bond acceptors (Lipinski definition) is 5. The average Bonchev–Trinajstić information content (AvgIpc) is 2.75. The van der Waals surface area contributed by atoms with Crippen molar-refractivity contribution in [3.63, 3.8) is 0 Å². The van der Waals surface area contributed by atoms with Crippen molar-refractivity contribution >= 4 is 11.3 Å². The maximum absolute atomic E-state index is 10.1. The zero-order chi connectivity index (χ0) is 13.0. The molecule has 2 aromatic heterocycles. The minimum Gasteiger partial charge on any atom is -0.492 e. The molecule has 0 fully saturated rings. The third-order valence-electron chi connectivity index (χ3n) is 2.46. The first-order valence-corrected chi connectivity index (χ1v) is 6.74. The minimum absolute atomic E-state index is 0.510. The molecule has 0 saturated carbocycles. The summed E-state index contributed by atoms with van der Waals surface area (Å²) in [5.41, 5.74) is 1.75. The van der Waals surface area contributed by atoms with Gasteiger partial charge in [0.15, 0.2) is 0 Å². The van der Waals surface area contributed by atoms with Gasteiger partial charge in [0, 0.05) is 29.3 Å². The smallest absolute Gasteiger partial charge is 0.137 e. The molecule has 0 saturated heterocycles. The number of thiazole rings is 1. The summed E-state index contributed by atoms with van der Waals surface area (Å²) >= 11 is 1.56. The van der Waals surface area contributed by atoms with E-state index in [1.807, 2.05) is 25.3 Å². The van der Waals surface area contributed by atoms with Gasteiger partial charge in [-0.3, -0.25) is 4.98 Å². The highest BCUT2D eigenvalue weighted by Crippen LogP contribution is 2.22. The first kappa shape index (κ1) is 13.0. The second-order valence-corrected chi connectivity index (χ2v) is 4.93. The summed E-state index contributed by atoms with van der Waals surface area (Å²) < 4.78 is 5.36. The van der Waals surface area contributed by atoms with Crippen LogP contribution < -0.4 is 4.74 Å². The average molecular weight is 264 g/mol. The maximum atomic E-state index is 10.1. The Labute approximate surface area is 110 Å². The highest BCUT2D eigenvalue weighted by atomic mass is 32.1. The fraction of sp³-hybridized carbons (Fsp3) is 0.385. The van der Waals surface area contributed by atoms with E-state index < -0.39 is 6.10 Å². The molecule has 2 aromatic rings. The van der Waals surface area contributed by atoms with Crippen LogP contribution in [-0.2, 0) is 6.42 Å². The molecule has 0 bridgehead atoms. The molecule has 1 N–H and O–H groups in total. The Balaban J connectivity index is 2.08. The van der Waals surface area contributed by atoms with E-state index in [9.17, 15) is 5.11 Å². The van der Waals surface area contributed by atoms with Gasteiger partial charge in [-0.2, -0.15) is 0 Å². The molecule has 1 atom stereocenters. The quantitative estimate of drug-likeness (QED) is 0.901. The highest BCUT2D eigenvalue weighted by molar-refractivity contribution is 7.09. The first-order chi connectivity index (χ1) is 8.69. The van der Waals surface area contributed by atoms with Crippen molar-refractivity contribution in [2.24, 2.45) is 0 Å². The lowest BCUT2D eigenvalue weighted by Gasteiger charge is -2.10. The molecule has 2 heterocycles. The molecule has 18 heavy (non-hydrogen) atoms. The van der Waals surface area contributed by atoms with Crippen LogP contribution in [0.15, 0.2) is 23.8 Å². The molecule has 0 aromatic carbocycles. The van der Waals surface area contributed by atoms with Crippen LogP contribution >= 0.6 is 11.3 Å². The molecule has 0 amide bonds. The number of hydrogen-bond donors (Lipinski definition) is 1. The zero-order valence-electron chi connectivity index (χ0n) is 10.5. The van der Waals surface area contributed by atoms with Gasteiger partial charge in [-0.25, -0.2) is 4.98 Å². The van der Waals surface area contributed by atoms with Gasteiger partial charge < -0.3 is 9.84 Å². The van der Waals surface area contributed by atoms with E-state index in [2.05, 4.69) is 9.97 Å². The summed E-state index contributed by atoms with van der Waals surface area (Å²) in [5.74, 6) is 0.685. The van der Waals surface area contributed by atoms with Gasteiger partial charge in [-0.15, -0.1) is 11.3 Å². The van der Waals surface area contributed by atoms with E-state index in [-0.39, 0.29) is 0 Å². The van der Waals surface area contributed by atoms with Crippen LogP contribution in [0.25, 0.3) is 0 Å². The second-order valence-electron chi connectivity index (χ2n) is 3.99. The Morgan fingerprint density at radius 3 is 2.94 bits per heavy atom. The molecule has 0 spiro atoms. The van der Waals surface area contributed by atoms with Crippen molar-refractivity contribution in [2.75, 3.05) is 6.61 Å². The normalized spacial score (nSPS) is 12.4. The Kier molecular flexibility index (Phi) is 4.28. The van der Waals surface area contributed by atoms with E-state index in [4.69, 9.17) is 4.74 Å². The molecule has 5 heteroatoms. The van der Waals surface area contributed by atoms with Gasteiger partial charge in [0.25, 0.3) is 0 Å². The van der Waals surface area contributed by atoms with Gasteiger partial charge >= 0.3 is 0 Å². The van der Waals surface area contributed by atoms with Crippen LogP contribution in [0.5, 0.6) is 5.75 Å². The molecule has 0 radical (unpaired) electrons. The molecule has 96 valence electrons. The van der Waals surface area contributed by atoms with Crippen LogP contribution in [-0.4, -0.2) is 21.7 Å². The summed E-state index contributed by atoms with van der Waals surface area (Å²) in [7, 11) is 0. The fourth-order valence-corrected chi connectivity index (χ4v) is 2.45. The van der Waals surface area contributed by atoms with E-state index in [0.717, 1.165) is 16.3 Å².